The fourth-order valence-corrected chi connectivity index (χ4v) is 4.58. The Kier molecular flexibility index (Phi) is 5.09. The molecule has 0 aromatic carbocycles. The third-order valence-corrected chi connectivity index (χ3v) is 5.70. The van der Waals surface area contributed by atoms with Crippen molar-refractivity contribution >= 4 is 5.78 Å². The van der Waals surface area contributed by atoms with Gasteiger partial charge in [0, 0.05) is 11.8 Å². The molecule has 0 aromatic rings. The highest BCUT2D eigenvalue weighted by molar-refractivity contribution is 5.83. The first-order chi connectivity index (χ1) is 8.97. The molecule has 0 bridgehead atoms. The fourth-order valence-electron chi connectivity index (χ4n) is 4.58. The summed E-state index contributed by atoms with van der Waals surface area (Å²) < 4.78 is 0. The molecule has 2 atom stereocenters. The van der Waals surface area contributed by atoms with E-state index < -0.39 is 0 Å². The van der Waals surface area contributed by atoms with Crippen LogP contribution in [-0.2, 0) is 4.79 Å². The highest BCUT2D eigenvalue weighted by atomic mass is 16.1. The lowest BCUT2D eigenvalue weighted by Crippen LogP contribution is -2.33. The first kappa shape index (κ1) is 15.1. The summed E-state index contributed by atoms with van der Waals surface area (Å²) in [5, 5.41) is 0. The second-order valence-corrected chi connectivity index (χ2v) is 7.87. The van der Waals surface area contributed by atoms with Gasteiger partial charge >= 0.3 is 0 Å². The van der Waals surface area contributed by atoms with Crippen LogP contribution in [0.4, 0.5) is 0 Å². The zero-order valence-electron chi connectivity index (χ0n) is 13.3. The molecule has 19 heavy (non-hydrogen) atoms. The van der Waals surface area contributed by atoms with Crippen molar-refractivity contribution in [1.29, 1.82) is 0 Å². The van der Waals surface area contributed by atoms with Crippen LogP contribution in [0.15, 0.2) is 0 Å². The molecule has 110 valence electrons. The molecule has 0 aromatic heterocycles. The van der Waals surface area contributed by atoms with Gasteiger partial charge in [0.25, 0.3) is 0 Å². The highest BCUT2D eigenvalue weighted by Crippen LogP contribution is 2.39. The SMILES string of the molecule is CC1CC(C)CC(C(=O)C2CCC(C(C)C)CC2)C1. The third-order valence-electron chi connectivity index (χ3n) is 5.70. The Morgan fingerprint density at radius 2 is 1.37 bits per heavy atom. The number of hydrogen-bond donors (Lipinski definition) is 0. The number of rotatable bonds is 3. The van der Waals surface area contributed by atoms with Crippen molar-refractivity contribution in [2.45, 2.75) is 72.6 Å². The van der Waals surface area contributed by atoms with E-state index in [4.69, 9.17) is 0 Å². The van der Waals surface area contributed by atoms with E-state index in [0.29, 0.717) is 17.6 Å². The lowest BCUT2D eigenvalue weighted by atomic mass is 9.69. The summed E-state index contributed by atoms with van der Waals surface area (Å²) in [6.45, 7) is 9.31. The van der Waals surface area contributed by atoms with Gasteiger partial charge in [0.2, 0.25) is 0 Å². The number of Topliss-reactive ketones (excluding diaryl/α,β-unsaturated/α-hetero) is 1. The van der Waals surface area contributed by atoms with Crippen LogP contribution in [0, 0.1) is 35.5 Å². The van der Waals surface area contributed by atoms with Gasteiger partial charge in [-0.25, -0.2) is 0 Å². The van der Waals surface area contributed by atoms with Crippen LogP contribution < -0.4 is 0 Å². The minimum absolute atomic E-state index is 0.388. The molecular weight excluding hydrogens is 232 g/mol. The smallest absolute Gasteiger partial charge is 0.139 e. The van der Waals surface area contributed by atoms with Gasteiger partial charge in [0.15, 0.2) is 0 Å². The Hall–Kier alpha value is -0.330. The molecule has 0 saturated heterocycles. The van der Waals surface area contributed by atoms with Crippen LogP contribution in [0.5, 0.6) is 0 Å². The van der Waals surface area contributed by atoms with E-state index >= 15 is 0 Å². The monoisotopic (exact) mass is 264 g/mol. The Morgan fingerprint density at radius 1 is 0.842 bits per heavy atom. The average molecular weight is 264 g/mol. The predicted molar refractivity (Wildman–Crippen MR) is 81.0 cm³/mol. The van der Waals surface area contributed by atoms with Crippen molar-refractivity contribution in [3.05, 3.63) is 0 Å². The van der Waals surface area contributed by atoms with E-state index in [-0.39, 0.29) is 0 Å². The molecule has 0 amide bonds. The van der Waals surface area contributed by atoms with Crippen LogP contribution in [-0.4, -0.2) is 5.78 Å². The maximum absolute atomic E-state index is 12.7. The molecule has 0 spiro atoms. The van der Waals surface area contributed by atoms with E-state index in [0.717, 1.165) is 36.5 Å². The summed E-state index contributed by atoms with van der Waals surface area (Å²) in [6.07, 6.45) is 8.55. The summed E-state index contributed by atoms with van der Waals surface area (Å²) in [5.41, 5.74) is 0. The molecule has 2 rings (SSSR count). The largest absolute Gasteiger partial charge is 0.299 e. The Balaban J connectivity index is 1.87. The molecule has 1 heteroatoms. The Labute approximate surface area is 119 Å². The van der Waals surface area contributed by atoms with E-state index in [2.05, 4.69) is 27.7 Å². The van der Waals surface area contributed by atoms with Crippen molar-refractivity contribution in [2.75, 3.05) is 0 Å². The zero-order valence-corrected chi connectivity index (χ0v) is 13.3. The van der Waals surface area contributed by atoms with Crippen LogP contribution >= 0.6 is 0 Å². The average Bonchev–Trinajstić information content (AvgIpc) is 2.37. The first-order valence-corrected chi connectivity index (χ1v) is 8.51. The van der Waals surface area contributed by atoms with Gasteiger partial charge in [-0.1, -0.05) is 27.7 Å². The predicted octanol–water partition coefficient (Wildman–Crippen LogP) is 5.09. The van der Waals surface area contributed by atoms with Crippen molar-refractivity contribution in [3.8, 4) is 0 Å². The minimum Gasteiger partial charge on any atom is -0.299 e. The Morgan fingerprint density at radius 3 is 1.84 bits per heavy atom. The minimum atomic E-state index is 0.388. The molecule has 2 saturated carbocycles. The van der Waals surface area contributed by atoms with E-state index in [1.807, 2.05) is 0 Å². The number of hydrogen-bond acceptors (Lipinski definition) is 1. The van der Waals surface area contributed by atoms with Gasteiger partial charge in [-0.2, -0.15) is 0 Å². The van der Waals surface area contributed by atoms with E-state index in [9.17, 15) is 4.79 Å². The number of carbonyl (C=O) groups is 1. The molecule has 2 fully saturated rings. The van der Waals surface area contributed by atoms with Gasteiger partial charge < -0.3 is 0 Å². The normalized spacial score (nSPS) is 40.4. The third kappa shape index (κ3) is 3.83. The summed E-state index contributed by atoms with van der Waals surface area (Å²) >= 11 is 0. The zero-order chi connectivity index (χ0) is 14.0. The molecule has 2 aliphatic carbocycles. The van der Waals surface area contributed by atoms with E-state index in [1.165, 1.54) is 32.1 Å². The van der Waals surface area contributed by atoms with Crippen LogP contribution in [0.25, 0.3) is 0 Å². The van der Waals surface area contributed by atoms with E-state index in [1.54, 1.807) is 0 Å². The molecule has 0 N–H and O–H groups in total. The molecule has 2 unspecified atom stereocenters. The molecule has 2 aliphatic rings. The van der Waals surface area contributed by atoms with Crippen LogP contribution in [0.1, 0.15) is 72.6 Å². The quantitative estimate of drug-likeness (QED) is 0.694. The summed E-state index contributed by atoms with van der Waals surface area (Å²) in [6, 6.07) is 0. The highest BCUT2D eigenvalue weighted by Gasteiger charge is 2.35. The van der Waals surface area contributed by atoms with Crippen molar-refractivity contribution in [2.24, 2.45) is 35.5 Å². The maximum Gasteiger partial charge on any atom is 0.139 e. The van der Waals surface area contributed by atoms with Crippen molar-refractivity contribution < 1.29 is 4.79 Å². The lowest BCUT2D eigenvalue weighted by molar-refractivity contribution is -0.130. The summed E-state index contributed by atoms with van der Waals surface area (Å²) in [4.78, 5) is 12.7. The molecule has 0 heterocycles. The van der Waals surface area contributed by atoms with Gasteiger partial charge in [-0.05, 0) is 68.6 Å². The van der Waals surface area contributed by atoms with Crippen molar-refractivity contribution in [1.82, 2.24) is 0 Å². The van der Waals surface area contributed by atoms with Crippen LogP contribution in [0.3, 0.4) is 0 Å². The second kappa shape index (κ2) is 6.41. The first-order valence-electron chi connectivity index (χ1n) is 8.51. The maximum atomic E-state index is 12.7. The number of carbonyl (C=O) groups excluding carboxylic acids is 1. The van der Waals surface area contributed by atoms with Gasteiger partial charge in [0.05, 0.1) is 0 Å². The Bertz CT molecular complexity index is 289. The lowest BCUT2D eigenvalue weighted by Gasteiger charge is -2.35. The van der Waals surface area contributed by atoms with Gasteiger partial charge in [-0.15, -0.1) is 0 Å². The molecular formula is C18H32O. The fraction of sp³-hybridized carbons (Fsp3) is 0.944. The topological polar surface area (TPSA) is 17.1 Å². The standard InChI is InChI=1S/C18H32O/c1-12(2)15-5-7-16(8-6-15)18(19)17-10-13(3)9-14(4)11-17/h12-17H,5-11H2,1-4H3. The van der Waals surface area contributed by atoms with Gasteiger partial charge in [-0.3, -0.25) is 4.79 Å². The molecule has 1 nitrogen and oxygen atoms in total. The molecule has 0 radical (unpaired) electrons. The summed E-state index contributed by atoms with van der Waals surface area (Å²) in [5.74, 6) is 4.59. The van der Waals surface area contributed by atoms with Crippen molar-refractivity contribution in [3.63, 3.8) is 0 Å². The summed E-state index contributed by atoms with van der Waals surface area (Å²) in [7, 11) is 0. The van der Waals surface area contributed by atoms with Gasteiger partial charge in [0.1, 0.15) is 5.78 Å². The molecule has 0 aliphatic heterocycles. The number of ketones is 1. The van der Waals surface area contributed by atoms with Crippen LogP contribution in [0.2, 0.25) is 0 Å². The second-order valence-electron chi connectivity index (χ2n) is 7.87.